The van der Waals surface area contributed by atoms with Gasteiger partial charge in [0.15, 0.2) is 12.4 Å². The van der Waals surface area contributed by atoms with E-state index in [4.69, 9.17) is 0 Å². The van der Waals surface area contributed by atoms with Gasteiger partial charge in [0.25, 0.3) is 0 Å². The molecule has 0 radical (unpaired) electrons. The number of hydrogen-bond donors (Lipinski definition) is 0. The highest BCUT2D eigenvalue weighted by atomic mass is 32.3. The lowest BCUT2D eigenvalue weighted by atomic mass is 10.5. The Morgan fingerprint density at radius 1 is 1.29 bits per heavy atom. The lowest BCUT2D eigenvalue weighted by Crippen LogP contribution is -2.30. The second-order valence-corrected chi connectivity index (χ2v) is 3.43. The van der Waals surface area contributed by atoms with Crippen LogP contribution in [0.1, 0.15) is 6.92 Å². The molecule has 6 heteroatoms. The maximum atomic E-state index is 9.22. The Balaban J connectivity index is 0.000000255. The molecule has 14 heavy (non-hydrogen) atoms. The normalized spacial score (nSPS) is 10.2. The topological polar surface area (TPSA) is 70.3 Å². The third-order valence-corrected chi connectivity index (χ3v) is 1.75. The molecule has 0 bridgehead atoms. The Morgan fingerprint density at radius 3 is 1.93 bits per heavy atom. The third kappa shape index (κ3) is 7.66. The van der Waals surface area contributed by atoms with Crippen LogP contribution in [-0.2, 0) is 21.1 Å². The zero-order valence-electron chi connectivity index (χ0n) is 8.08. The molecular weight excluding hydrogens is 206 g/mol. The minimum atomic E-state index is -4.41. The van der Waals surface area contributed by atoms with Gasteiger partial charge in [-0.05, 0) is 6.92 Å². The lowest BCUT2D eigenvalue weighted by Gasteiger charge is -1.98. The Kier molecular flexibility index (Phi) is 6.02. The van der Waals surface area contributed by atoms with Crippen LogP contribution < -0.4 is 4.57 Å². The van der Waals surface area contributed by atoms with Gasteiger partial charge < -0.3 is 4.55 Å². The summed E-state index contributed by atoms with van der Waals surface area (Å²) in [6.45, 7) is 3.18. The van der Waals surface area contributed by atoms with Gasteiger partial charge in [-0.15, -0.1) is 0 Å². The van der Waals surface area contributed by atoms with Gasteiger partial charge in [-0.2, -0.15) is 0 Å². The molecule has 0 N–H and O–H groups in total. The number of aromatic nitrogens is 1. The number of rotatable bonds is 2. The van der Waals surface area contributed by atoms with Crippen LogP contribution >= 0.6 is 0 Å². The Bertz CT molecular complexity index is 336. The number of pyridine rings is 1. The number of nitrogens with zero attached hydrogens (tertiary/aromatic N) is 1. The first-order chi connectivity index (χ1) is 6.49. The van der Waals surface area contributed by atoms with Crippen molar-refractivity contribution in [1.82, 2.24) is 0 Å². The summed E-state index contributed by atoms with van der Waals surface area (Å²) < 4.78 is 33.1. The third-order valence-electron chi connectivity index (χ3n) is 1.35. The molecular formula is C8H13NO4S. The monoisotopic (exact) mass is 219 g/mol. The molecule has 5 nitrogen and oxygen atoms in total. The van der Waals surface area contributed by atoms with Gasteiger partial charge in [-0.1, -0.05) is 6.07 Å². The van der Waals surface area contributed by atoms with E-state index in [1.807, 2.05) is 18.2 Å². The number of aryl methyl sites for hydroxylation is 1. The van der Waals surface area contributed by atoms with E-state index in [-0.39, 0.29) is 0 Å². The van der Waals surface area contributed by atoms with Crippen LogP contribution in [0.4, 0.5) is 0 Å². The van der Waals surface area contributed by atoms with Crippen LogP contribution in [0, 0.1) is 0 Å². The van der Waals surface area contributed by atoms with Gasteiger partial charge in [0, 0.05) is 12.1 Å². The average Bonchev–Trinajstić information content (AvgIpc) is 2.19. The van der Waals surface area contributed by atoms with E-state index in [1.165, 1.54) is 0 Å². The molecule has 80 valence electrons. The maximum absolute atomic E-state index is 9.22. The second-order valence-electron chi connectivity index (χ2n) is 2.28. The van der Waals surface area contributed by atoms with Gasteiger partial charge in [0.1, 0.15) is 6.54 Å². The quantitative estimate of drug-likeness (QED) is 0.401. The highest BCUT2D eigenvalue weighted by molar-refractivity contribution is 7.80. The van der Waals surface area contributed by atoms with Gasteiger partial charge in [0.2, 0.25) is 10.4 Å². The van der Waals surface area contributed by atoms with E-state index in [0.29, 0.717) is 0 Å². The Hall–Kier alpha value is -0.980. The first kappa shape index (κ1) is 13.0. The SMILES string of the molecule is CC[n+]1ccccc1.COS(=O)(=O)[O-]. The molecule has 0 aliphatic rings. The van der Waals surface area contributed by atoms with Crippen LogP contribution in [0.5, 0.6) is 0 Å². The van der Waals surface area contributed by atoms with Gasteiger partial charge in [-0.25, -0.2) is 13.0 Å². The van der Waals surface area contributed by atoms with Crippen molar-refractivity contribution in [3.63, 3.8) is 0 Å². The first-order valence-corrected chi connectivity index (χ1v) is 5.28. The molecule has 0 aliphatic heterocycles. The van der Waals surface area contributed by atoms with Crippen LogP contribution in [0.25, 0.3) is 0 Å². The fourth-order valence-corrected chi connectivity index (χ4v) is 0.645. The Morgan fingerprint density at radius 2 is 1.71 bits per heavy atom. The summed E-state index contributed by atoms with van der Waals surface area (Å²) >= 11 is 0. The summed E-state index contributed by atoms with van der Waals surface area (Å²) in [5, 5.41) is 0. The summed E-state index contributed by atoms with van der Waals surface area (Å²) in [5.74, 6) is 0. The van der Waals surface area contributed by atoms with Crippen molar-refractivity contribution in [1.29, 1.82) is 0 Å². The van der Waals surface area contributed by atoms with Gasteiger partial charge in [0.05, 0.1) is 7.11 Å². The molecule has 0 amide bonds. The molecule has 0 saturated carbocycles. The van der Waals surface area contributed by atoms with Crippen molar-refractivity contribution >= 4 is 10.4 Å². The van der Waals surface area contributed by atoms with Crippen molar-refractivity contribution in [2.75, 3.05) is 7.11 Å². The van der Waals surface area contributed by atoms with Crippen molar-refractivity contribution in [2.45, 2.75) is 13.5 Å². The van der Waals surface area contributed by atoms with Gasteiger partial charge >= 0.3 is 0 Å². The summed E-state index contributed by atoms with van der Waals surface area (Å²) in [4.78, 5) is 0. The van der Waals surface area contributed by atoms with E-state index < -0.39 is 10.4 Å². The summed E-state index contributed by atoms with van der Waals surface area (Å²) in [6, 6.07) is 6.08. The second kappa shape index (κ2) is 6.47. The maximum Gasteiger partial charge on any atom is 0.217 e. The largest absolute Gasteiger partial charge is 0.726 e. The van der Waals surface area contributed by atoms with Crippen LogP contribution in [0.3, 0.4) is 0 Å². The molecule has 0 unspecified atom stereocenters. The molecule has 0 aliphatic carbocycles. The molecule has 0 aromatic carbocycles. The molecule has 1 heterocycles. The van der Waals surface area contributed by atoms with Crippen molar-refractivity contribution < 1.29 is 21.7 Å². The van der Waals surface area contributed by atoms with E-state index in [0.717, 1.165) is 13.7 Å². The van der Waals surface area contributed by atoms with E-state index in [9.17, 15) is 13.0 Å². The fourth-order valence-electron chi connectivity index (χ4n) is 0.645. The van der Waals surface area contributed by atoms with Crippen molar-refractivity contribution in [3.8, 4) is 0 Å². The van der Waals surface area contributed by atoms with Gasteiger partial charge in [-0.3, -0.25) is 4.18 Å². The van der Waals surface area contributed by atoms with Crippen LogP contribution in [-0.4, -0.2) is 20.1 Å². The number of hydrogen-bond acceptors (Lipinski definition) is 4. The highest BCUT2D eigenvalue weighted by Gasteiger charge is 1.86. The summed E-state index contributed by atoms with van der Waals surface area (Å²) in [5.41, 5.74) is 0. The zero-order valence-corrected chi connectivity index (χ0v) is 8.90. The van der Waals surface area contributed by atoms with E-state index >= 15 is 0 Å². The fraction of sp³-hybridized carbons (Fsp3) is 0.375. The average molecular weight is 219 g/mol. The standard InChI is InChI=1S/C7H10N.CH4O4S/c1-2-8-6-4-3-5-7-8;1-5-6(2,3)4/h3-7H,2H2,1H3;1H3,(H,2,3,4)/q+1;/p-1. The lowest BCUT2D eigenvalue weighted by molar-refractivity contribution is -0.693. The molecule has 1 aromatic rings. The van der Waals surface area contributed by atoms with Crippen LogP contribution in [0.2, 0.25) is 0 Å². The summed E-state index contributed by atoms with van der Waals surface area (Å²) in [6.07, 6.45) is 4.11. The molecule has 0 saturated heterocycles. The molecule has 1 aromatic heterocycles. The summed E-state index contributed by atoms with van der Waals surface area (Å²) in [7, 11) is -3.60. The van der Waals surface area contributed by atoms with Crippen molar-refractivity contribution in [3.05, 3.63) is 30.6 Å². The Labute approximate surface area is 83.9 Å². The van der Waals surface area contributed by atoms with Crippen molar-refractivity contribution in [2.24, 2.45) is 0 Å². The predicted octanol–water partition coefficient (Wildman–Crippen LogP) is 0.0870. The minimum Gasteiger partial charge on any atom is -0.726 e. The van der Waals surface area contributed by atoms with Crippen LogP contribution in [0.15, 0.2) is 30.6 Å². The van der Waals surface area contributed by atoms with E-state index in [2.05, 4.69) is 28.1 Å². The molecule has 0 atom stereocenters. The van der Waals surface area contributed by atoms with E-state index in [1.54, 1.807) is 0 Å². The zero-order chi connectivity index (χ0) is 11.0. The molecule has 1 rings (SSSR count). The smallest absolute Gasteiger partial charge is 0.217 e. The molecule has 0 spiro atoms. The molecule has 0 fully saturated rings. The predicted molar refractivity (Wildman–Crippen MR) is 49.0 cm³/mol. The highest BCUT2D eigenvalue weighted by Crippen LogP contribution is 1.75. The minimum absolute atomic E-state index is 0.808. The first-order valence-electron chi connectivity index (χ1n) is 3.95.